The van der Waals surface area contributed by atoms with Crippen molar-refractivity contribution in [1.82, 2.24) is 9.21 Å². The average molecular weight is 335 g/mol. The van der Waals surface area contributed by atoms with Crippen molar-refractivity contribution in [2.45, 2.75) is 73.9 Å². The summed E-state index contributed by atoms with van der Waals surface area (Å²) in [5, 5.41) is 0. The number of nitrogens with zero attached hydrogens (tertiary/aromatic N) is 2. The third-order valence-corrected chi connectivity index (χ3v) is 5.67. The zero-order valence-corrected chi connectivity index (χ0v) is 17.2. The van der Waals surface area contributed by atoms with E-state index >= 15 is 0 Å². The molecule has 5 heteroatoms. The van der Waals surface area contributed by atoms with Crippen molar-refractivity contribution in [3.63, 3.8) is 0 Å². The molecule has 22 heavy (non-hydrogen) atoms. The highest BCUT2D eigenvalue weighted by Crippen LogP contribution is 2.25. The predicted molar refractivity (Wildman–Crippen MR) is 96.6 cm³/mol. The molecule has 0 bridgehead atoms. The lowest BCUT2D eigenvalue weighted by Crippen LogP contribution is -2.51. The molecule has 134 valence electrons. The monoisotopic (exact) mass is 334 g/mol. The van der Waals surface area contributed by atoms with Gasteiger partial charge in [0.15, 0.2) is 0 Å². The molecular weight excluding hydrogens is 296 g/mol. The van der Waals surface area contributed by atoms with E-state index in [4.69, 9.17) is 0 Å². The van der Waals surface area contributed by atoms with E-state index in [1.165, 1.54) is 6.26 Å². The van der Waals surface area contributed by atoms with Crippen LogP contribution >= 0.6 is 0 Å². The van der Waals surface area contributed by atoms with Crippen molar-refractivity contribution >= 4 is 10.0 Å². The summed E-state index contributed by atoms with van der Waals surface area (Å²) < 4.78 is 25.8. The van der Waals surface area contributed by atoms with Crippen LogP contribution in [0.1, 0.15) is 62.3 Å². The van der Waals surface area contributed by atoms with Gasteiger partial charge in [-0.2, -0.15) is 4.31 Å². The first-order valence-corrected chi connectivity index (χ1v) is 10.1. The molecule has 0 saturated heterocycles. The van der Waals surface area contributed by atoms with E-state index in [0.717, 1.165) is 13.1 Å². The van der Waals surface area contributed by atoms with E-state index in [9.17, 15) is 8.42 Å². The van der Waals surface area contributed by atoms with Gasteiger partial charge in [-0.1, -0.05) is 34.6 Å². The molecule has 1 unspecified atom stereocenters. The second-order valence-corrected chi connectivity index (χ2v) is 10.8. The van der Waals surface area contributed by atoms with E-state index in [1.807, 2.05) is 20.8 Å². The van der Waals surface area contributed by atoms with Gasteiger partial charge in [-0.3, -0.25) is 4.90 Å². The van der Waals surface area contributed by atoms with Crippen molar-refractivity contribution in [2.24, 2.45) is 11.3 Å². The molecule has 0 spiro atoms. The van der Waals surface area contributed by atoms with Gasteiger partial charge >= 0.3 is 0 Å². The molecule has 0 aliphatic rings. The molecule has 0 aliphatic carbocycles. The van der Waals surface area contributed by atoms with Crippen LogP contribution in [0.4, 0.5) is 0 Å². The Kier molecular flexibility index (Phi) is 7.58. The molecular formula is C17H38N2O2S. The summed E-state index contributed by atoms with van der Waals surface area (Å²) in [6, 6.07) is 0.399. The first-order chi connectivity index (χ1) is 9.56. The maximum absolute atomic E-state index is 12.1. The molecule has 0 aliphatic heterocycles. The van der Waals surface area contributed by atoms with Crippen molar-refractivity contribution < 1.29 is 8.42 Å². The lowest BCUT2D eigenvalue weighted by atomic mass is 9.86. The Morgan fingerprint density at radius 1 is 0.909 bits per heavy atom. The van der Waals surface area contributed by atoms with Gasteiger partial charge < -0.3 is 0 Å². The molecule has 0 aromatic rings. The van der Waals surface area contributed by atoms with Crippen molar-refractivity contribution in [1.29, 1.82) is 0 Å². The second-order valence-electron chi connectivity index (χ2n) is 8.94. The van der Waals surface area contributed by atoms with Gasteiger partial charge in [0.05, 0.1) is 6.26 Å². The maximum atomic E-state index is 12.1. The summed E-state index contributed by atoms with van der Waals surface area (Å²) in [4.78, 5) is 2.43. The van der Waals surface area contributed by atoms with Crippen LogP contribution in [0.15, 0.2) is 0 Å². The smallest absolute Gasteiger partial charge is 0.211 e. The van der Waals surface area contributed by atoms with Crippen LogP contribution in [0, 0.1) is 11.3 Å². The summed E-state index contributed by atoms with van der Waals surface area (Å²) in [5.74, 6) is 0.561. The van der Waals surface area contributed by atoms with Crippen LogP contribution in [0.2, 0.25) is 0 Å². The predicted octanol–water partition coefficient (Wildman–Crippen LogP) is 3.44. The molecule has 0 amide bonds. The maximum Gasteiger partial charge on any atom is 0.211 e. The fraction of sp³-hybridized carbons (Fsp3) is 1.00. The third kappa shape index (κ3) is 7.42. The van der Waals surface area contributed by atoms with Crippen LogP contribution < -0.4 is 0 Å². The zero-order chi connectivity index (χ0) is 17.9. The third-order valence-electron chi connectivity index (χ3n) is 4.14. The summed E-state index contributed by atoms with van der Waals surface area (Å²) in [7, 11) is -3.20. The topological polar surface area (TPSA) is 40.6 Å². The second kappa shape index (κ2) is 7.63. The molecule has 0 N–H and O–H groups in total. The molecule has 0 radical (unpaired) electrons. The number of hydrogen-bond donors (Lipinski definition) is 0. The fourth-order valence-corrected chi connectivity index (χ4v) is 4.09. The summed E-state index contributed by atoms with van der Waals surface area (Å²) in [5.41, 5.74) is -0.214. The lowest BCUT2D eigenvalue weighted by molar-refractivity contribution is 0.0880. The van der Waals surface area contributed by atoms with Crippen LogP contribution in [0.5, 0.6) is 0 Å². The van der Waals surface area contributed by atoms with Crippen LogP contribution in [0.3, 0.4) is 0 Å². The Bertz CT molecular complexity index is 431. The van der Waals surface area contributed by atoms with Gasteiger partial charge in [0.1, 0.15) is 0 Å². The van der Waals surface area contributed by atoms with Gasteiger partial charge in [-0.25, -0.2) is 8.42 Å². The number of sulfonamides is 1. The Hall–Kier alpha value is -0.130. The number of rotatable bonds is 7. The minimum absolute atomic E-state index is 0.173. The quantitative estimate of drug-likeness (QED) is 0.716. The lowest BCUT2D eigenvalue weighted by Gasteiger charge is -2.41. The summed E-state index contributed by atoms with van der Waals surface area (Å²) in [6.45, 7) is 21.5. The number of hydrogen-bond acceptors (Lipinski definition) is 3. The Labute approximate surface area is 139 Å². The normalized spacial score (nSPS) is 15.9. The van der Waals surface area contributed by atoms with Gasteiger partial charge in [0.25, 0.3) is 0 Å². The molecule has 0 heterocycles. The van der Waals surface area contributed by atoms with Crippen molar-refractivity contribution in [3.05, 3.63) is 0 Å². The van der Waals surface area contributed by atoms with Gasteiger partial charge in [-0.05, 0) is 39.0 Å². The SMILES string of the molecule is CC(C)CN(CCN(C(C)(C)C)S(C)(=O)=O)C(C)C(C)(C)C. The first-order valence-electron chi connectivity index (χ1n) is 8.28. The Morgan fingerprint density at radius 2 is 1.36 bits per heavy atom. The molecule has 0 saturated carbocycles. The largest absolute Gasteiger partial charge is 0.299 e. The highest BCUT2D eigenvalue weighted by Gasteiger charge is 2.32. The van der Waals surface area contributed by atoms with Gasteiger partial charge in [0, 0.05) is 31.2 Å². The molecule has 1 atom stereocenters. The minimum atomic E-state index is -3.20. The molecule has 4 nitrogen and oxygen atoms in total. The summed E-state index contributed by atoms with van der Waals surface area (Å²) in [6.07, 6.45) is 1.30. The standard InChI is InChI=1S/C17H38N2O2S/c1-14(2)13-18(15(3)16(4,5)6)11-12-19(17(7,8)9)22(10,20)21/h14-15H,11-13H2,1-10H3. The van der Waals surface area contributed by atoms with Crippen molar-refractivity contribution in [2.75, 3.05) is 25.9 Å². The fourth-order valence-electron chi connectivity index (χ4n) is 2.68. The Balaban J connectivity index is 5.16. The molecule has 0 aromatic carbocycles. The van der Waals surface area contributed by atoms with E-state index in [1.54, 1.807) is 4.31 Å². The van der Waals surface area contributed by atoms with Gasteiger partial charge in [0.2, 0.25) is 10.0 Å². The molecule has 0 fully saturated rings. The van der Waals surface area contributed by atoms with E-state index in [0.29, 0.717) is 18.5 Å². The Morgan fingerprint density at radius 3 is 1.64 bits per heavy atom. The van der Waals surface area contributed by atoms with E-state index in [2.05, 4.69) is 46.4 Å². The van der Waals surface area contributed by atoms with Gasteiger partial charge in [-0.15, -0.1) is 0 Å². The van der Waals surface area contributed by atoms with E-state index < -0.39 is 10.0 Å². The van der Waals surface area contributed by atoms with Crippen LogP contribution in [-0.2, 0) is 10.0 Å². The zero-order valence-electron chi connectivity index (χ0n) is 16.4. The van der Waals surface area contributed by atoms with Crippen LogP contribution in [0.25, 0.3) is 0 Å². The average Bonchev–Trinajstić information content (AvgIpc) is 2.21. The molecule has 0 rings (SSSR count). The highest BCUT2D eigenvalue weighted by molar-refractivity contribution is 7.88. The summed E-state index contributed by atoms with van der Waals surface area (Å²) >= 11 is 0. The van der Waals surface area contributed by atoms with Crippen molar-refractivity contribution in [3.8, 4) is 0 Å². The first kappa shape index (κ1) is 21.9. The minimum Gasteiger partial charge on any atom is -0.299 e. The van der Waals surface area contributed by atoms with Crippen LogP contribution in [-0.4, -0.2) is 55.1 Å². The highest BCUT2D eigenvalue weighted by atomic mass is 32.2. The molecule has 0 aromatic heterocycles. The van der Waals surface area contributed by atoms with E-state index in [-0.39, 0.29) is 11.0 Å².